The molecule has 0 rings (SSSR count). The van der Waals surface area contributed by atoms with E-state index in [4.69, 9.17) is 15.7 Å². The maximum atomic E-state index is 12.1. The number of amides is 2. The van der Waals surface area contributed by atoms with Gasteiger partial charge in [0.25, 0.3) is 0 Å². The van der Waals surface area contributed by atoms with Gasteiger partial charge in [-0.15, -0.1) is 0 Å². The van der Waals surface area contributed by atoms with Crippen molar-refractivity contribution < 1.29 is 34.5 Å². The van der Waals surface area contributed by atoms with E-state index in [0.29, 0.717) is 12.8 Å². The standard InChI is InChI=1S/C13H21N5O7/c1-18(9(12(23)24)4-2-3-7-15-17-14)13(25)16-8(11(21)22)5-6-10(19)20/h8-9H,2-7H2,1H3,(H,16,25)(H,19,20)(H,21,22)(H,23,24)/t8-,9-/m0/s1. The van der Waals surface area contributed by atoms with Gasteiger partial charge in [0.2, 0.25) is 0 Å². The molecule has 0 saturated carbocycles. The molecule has 0 aromatic heterocycles. The van der Waals surface area contributed by atoms with Crippen LogP contribution in [-0.4, -0.2) is 69.8 Å². The molecule has 0 aliphatic carbocycles. The minimum absolute atomic E-state index is 0.0903. The van der Waals surface area contributed by atoms with Gasteiger partial charge in [-0.1, -0.05) is 11.5 Å². The quantitative estimate of drug-likeness (QED) is 0.172. The fourth-order valence-electron chi connectivity index (χ4n) is 1.97. The topological polar surface area (TPSA) is 193 Å². The molecule has 25 heavy (non-hydrogen) atoms. The molecule has 0 aliphatic rings. The van der Waals surface area contributed by atoms with Crippen molar-refractivity contribution in [2.24, 2.45) is 5.11 Å². The second kappa shape index (κ2) is 11.5. The van der Waals surface area contributed by atoms with Crippen LogP contribution in [0.2, 0.25) is 0 Å². The Bertz CT molecular complexity index is 547. The largest absolute Gasteiger partial charge is 0.481 e. The van der Waals surface area contributed by atoms with Crippen molar-refractivity contribution in [3.05, 3.63) is 10.4 Å². The summed E-state index contributed by atoms with van der Waals surface area (Å²) in [5.74, 6) is -3.89. The number of likely N-dealkylation sites (N-methyl/N-ethyl adjacent to an activating group) is 1. The van der Waals surface area contributed by atoms with E-state index in [1.54, 1.807) is 0 Å². The van der Waals surface area contributed by atoms with E-state index in [1.165, 1.54) is 7.05 Å². The number of hydrogen-bond donors (Lipinski definition) is 4. The summed E-state index contributed by atoms with van der Waals surface area (Å²) in [4.78, 5) is 48.4. The number of azide groups is 1. The third kappa shape index (κ3) is 9.01. The number of aliphatic carboxylic acids is 3. The highest BCUT2D eigenvalue weighted by Gasteiger charge is 2.29. The fraction of sp³-hybridized carbons (Fsp3) is 0.692. The number of carboxylic acid groups (broad SMARTS) is 3. The summed E-state index contributed by atoms with van der Waals surface area (Å²) in [7, 11) is 1.21. The van der Waals surface area contributed by atoms with Crippen molar-refractivity contribution in [3.63, 3.8) is 0 Å². The highest BCUT2D eigenvalue weighted by atomic mass is 16.4. The molecule has 0 spiro atoms. The lowest BCUT2D eigenvalue weighted by Crippen LogP contribution is -2.51. The SMILES string of the molecule is CN(C(=O)N[C@@H](CCC(=O)O)C(=O)O)[C@@H](CCCCN=[N+]=[N-])C(=O)O. The molecule has 2 atom stereocenters. The molecule has 0 aromatic carbocycles. The lowest BCUT2D eigenvalue weighted by molar-refractivity contribution is -0.142. The van der Waals surface area contributed by atoms with Crippen molar-refractivity contribution >= 4 is 23.9 Å². The molecule has 4 N–H and O–H groups in total. The van der Waals surface area contributed by atoms with Crippen LogP contribution >= 0.6 is 0 Å². The van der Waals surface area contributed by atoms with Crippen LogP contribution in [0.15, 0.2) is 5.11 Å². The summed E-state index contributed by atoms with van der Waals surface area (Å²) < 4.78 is 0. The van der Waals surface area contributed by atoms with Gasteiger partial charge < -0.3 is 25.5 Å². The first-order chi connectivity index (χ1) is 11.7. The van der Waals surface area contributed by atoms with E-state index in [-0.39, 0.29) is 19.4 Å². The zero-order valence-corrected chi connectivity index (χ0v) is 13.7. The molecule has 0 saturated heterocycles. The lowest BCUT2D eigenvalue weighted by atomic mass is 10.1. The third-order valence-corrected chi connectivity index (χ3v) is 3.36. The summed E-state index contributed by atoms with van der Waals surface area (Å²) in [6.07, 6.45) is 0.137. The van der Waals surface area contributed by atoms with Gasteiger partial charge in [-0.05, 0) is 24.8 Å². The van der Waals surface area contributed by atoms with Crippen LogP contribution in [0.5, 0.6) is 0 Å². The molecule has 0 radical (unpaired) electrons. The van der Waals surface area contributed by atoms with Crippen LogP contribution in [0.1, 0.15) is 32.1 Å². The van der Waals surface area contributed by atoms with Crippen molar-refractivity contribution in [1.82, 2.24) is 10.2 Å². The smallest absolute Gasteiger partial charge is 0.326 e. The molecule has 12 heteroatoms. The summed E-state index contributed by atoms with van der Waals surface area (Å²) in [5, 5.41) is 32.2. The van der Waals surface area contributed by atoms with Crippen LogP contribution in [0, 0.1) is 0 Å². The molecule has 0 aromatic rings. The Labute approximate surface area is 143 Å². The summed E-state index contributed by atoms with van der Waals surface area (Å²) >= 11 is 0. The van der Waals surface area contributed by atoms with Gasteiger partial charge in [0.05, 0.1) is 0 Å². The molecule has 0 fully saturated rings. The van der Waals surface area contributed by atoms with E-state index < -0.39 is 42.4 Å². The number of unbranched alkanes of at least 4 members (excludes halogenated alkanes) is 1. The van der Waals surface area contributed by atoms with Crippen molar-refractivity contribution in [3.8, 4) is 0 Å². The van der Waals surface area contributed by atoms with Gasteiger partial charge >= 0.3 is 23.9 Å². The van der Waals surface area contributed by atoms with Gasteiger partial charge in [0, 0.05) is 24.9 Å². The minimum atomic E-state index is -1.44. The molecule has 0 bridgehead atoms. The monoisotopic (exact) mass is 359 g/mol. The van der Waals surface area contributed by atoms with E-state index in [0.717, 1.165) is 4.90 Å². The van der Waals surface area contributed by atoms with Crippen molar-refractivity contribution in [2.45, 2.75) is 44.2 Å². The first-order valence-corrected chi connectivity index (χ1v) is 7.42. The number of carbonyl (C=O) groups excluding carboxylic acids is 1. The number of urea groups is 1. The van der Waals surface area contributed by atoms with Gasteiger partial charge in [0.1, 0.15) is 12.1 Å². The molecule has 0 unspecified atom stereocenters. The van der Waals surface area contributed by atoms with Crippen LogP contribution in [0.3, 0.4) is 0 Å². The third-order valence-electron chi connectivity index (χ3n) is 3.36. The predicted molar refractivity (Wildman–Crippen MR) is 83.9 cm³/mol. The number of nitrogens with zero attached hydrogens (tertiary/aromatic N) is 4. The second-order valence-corrected chi connectivity index (χ2v) is 5.19. The van der Waals surface area contributed by atoms with Gasteiger partial charge in [-0.3, -0.25) is 4.79 Å². The second-order valence-electron chi connectivity index (χ2n) is 5.19. The van der Waals surface area contributed by atoms with Crippen LogP contribution in [0.4, 0.5) is 4.79 Å². The Morgan fingerprint density at radius 3 is 2.24 bits per heavy atom. The number of carboxylic acids is 3. The Hall–Kier alpha value is -3.01. The van der Waals surface area contributed by atoms with Crippen molar-refractivity contribution in [1.29, 1.82) is 0 Å². The Kier molecular flexibility index (Phi) is 10.1. The molecule has 0 aliphatic heterocycles. The number of nitrogens with one attached hydrogen (secondary N) is 1. The molecular formula is C13H21N5O7. The van der Waals surface area contributed by atoms with E-state index in [9.17, 15) is 24.3 Å². The maximum Gasteiger partial charge on any atom is 0.326 e. The Balaban J connectivity index is 4.74. The Morgan fingerprint density at radius 1 is 1.12 bits per heavy atom. The van der Waals surface area contributed by atoms with E-state index in [2.05, 4.69) is 15.3 Å². The first-order valence-electron chi connectivity index (χ1n) is 7.42. The summed E-state index contributed by atoms with van der Waals surface area (Å²) in [6, 6.07) is -3.56. The zero-order chi connectivity index (χ0) is 19.4. The fourth-order valence-corrected chi connectivity index (χ4v) is 1.97. The van der Waals surface area contributed by atoms with Crippen LogP contribution in [-0.2, 0) is 14.4 Å². The molecule has 2 amide bonds. The van der Waals surface area contributed by atoms with E-state index >= 15 is 0 Å². The molecule has 0 heterocycles. The molecule has 140 valence electrons. The highest BCUT2D eigenvalue weighted by Crippen LogP contribution is 2.09. The van der Waals surface area contributed by atoms with Gasteiger partial charge in [0.15, 0.2) is 0 Å². The lowest BCUT2D eigenvalue weighted by Gasteiger charge is -2.26. The number of hydrogen-bond acceptors (Lipinski definition) is 5. The van der Waals surface area contributed by atoms with Crippen molar-refractivity contribution in [2.75, 3.05) is 13.6 Å². The normalized spacial score (nSPS) is 12.4. The molecule has 12 nitrogen and oxygen atoms in total. The zero-order valence-electron chi connectivity index (χ0n) is 13.7. The first kappa shape index (κ1) is 22.0. The predicted octanol–water partition coefficient (Wildman–Crippen LogP) is 0.880. The Morgan fingerprint density at radius 2 is 1.76 bits per heavy atom. The molecular weight excluding hydrogens is 338 g/mol. The summed E-state index contributed by atoms with van der Waals surface area (Å²) in [6.45, 7) is 0.203. The average Bonchev–Trinajstić information content (AvgIpc) is 2.53. The minimum Gasteiger partial charge on any atom is -0.481 e. The van der Waals surface area contributed by atoms with Gasteiger partial charge in [-0.2, -0.15) is 0 Å². The van der Waals surface area contributed by atoms with Gasteiger partial charge in [-0.25, -0.2) is 14.4 Å². The average molecular weight is 359 g/mol. The number of carbonyl (C=O) groups is 4. The maximum absolute atomic E-state index is 12.1. The number of rotatable bonds is 12. The highest BCUT2D eigenvalue weighted by molar-refractivity contribution is 5.86. The summed E-state index contributed by atoms with van der Waals surface area (Å²) in [5.41, 5.74) is 8.15. The van der Waals surface area contributed by atoms with Crippen LogP contribution < -0.4 is 5.32 Å². The van der Waals surface area contributed by atoms with E-state index in [1.807, 2.05) is 0 Å². The van der Waals surface area contributed by atoms with Crippen LogP contribution in [0.25, 0.3) is 10.4 Å².